The van der Waals surface area contributed by atoms with Gasteiger partial charge in [-0.3, -0.25) is 4.98 Å². The molecular formula is C22H19N3OS. The molecular weight excluding hydrogens is 354 g/mol. The summed E-state index contributed by atoms with van der Waals surface area (Å²) in [5.74, 6) is 1.56. The van der Waals surface area contributed by atoms with Gasteiger partial charge in [0.2, 0.25) is 0 Å². The van der Waals surface area contributed by atoms with Crippen LogP contribution in [0.15, 0.2) is 53.8 Å². The highest BCUT2D eigenvalue weighted by molar-refractivity contribution is 7.98. The summed E-state index contributed by atoms with van der Waals surface area (Å²) in [6, 6.07) is 14.4. The summed E-state index contributed by atoms with van der Waals surface area (Å²) < 4.78 is 5.28. The fraction of sp³-hybridized carbons (Fsp3) is 0.227. The number of nitrogens with zero attached hydrogens (tertiary/aromatic N) is 3. The lowest BCUT2D eigenvalue weighted by atomic mass is 9.95. The van der Waals surface area contributed by atoms with Gasteiger partial charge in [0.25, 0.3) is 0 Å². The van der Waals surface area contributed by atoms with Crippen molar-refractivity contribution in [1.82, 2.24) is 9.97 Å². The van der Waals surface area contributed by atoms with Gasteiger partial charge in [0, 0.05) is 29.4 Å². The first-order valence-electron chi connectivity index (χ1n) is 8.92. The molecule has 0 fully saturated rings. The van der Waals surface area contributed by atoms with E-state index in [-0.39, 0.29) is 0 Å². The van der Waals surface area contributed by atoms with Crippen molar-refractivity contribution in [1.29, 1.82) is 5.26 Å². The van der Waals surface area contributed by atoms with Gasteiger partial charge >= 0.3 is 0 Å². The number of hydrogen-bond donors (Lipinski definition) is 0. The third-order valence-corrected chi connectivity index (χ3v) is 5.83. The Hall–Kier alpha value is -2.84. The average molecular weight is 373 g/mol. The van der Waals surface area contributed by atoms with Gasteiger partial charge in [0.15, 0.2) is 0 Å². The quantitative estimate of drug-likeness (QED) is 0.601. The molecule has 4 rings (SSSR count). The van der Waals surface area contributed by atoms with E-state index in [2.05, 4.69) is 11.1 Å². The minimum Gasteiger partial charge on any atom is -0.497 e. The van der Waals surface area contributed by atoms with E-state index in [1.807, 2.05) is 42.6 Å². The number of aryl methyl sites for hydroxylation is 1. The highest BCUT2D eigenvalue weighted by Crippen LogP contribution is 2.39. The molecule has 0 saturated heterocycles. The zero-order valence-corrected chi connectivity index (χ0v) is 15.9. The molecule has 0 saturated carbocycles. The van der Waals surface area contributed by atoms with Crippen LogP contribution in [0, 0.1) is 11.3 Å². The maximum Gasteiger partial charge on any atom is 0.118 e. The molecule has 0 spiro atoms. The number of pyridine rings is 2. The highest BCUT2D eigenvalue weighted by atomic mass is 32.2. The summed E-state index contributed by atoms with van der Waals surface area (Å²) in [6.45, 7) is 0. The van der Waals surface area contributed by atoms with Crippen molar-refractivity contribution in [2.45, 2.75) is 30.0 Å². The van der Waals surface area contributed by atoms with Crippen LogP contribution in [0.2, 0.25) is 0 Å². The number of ether oxygens (including phenoxy) is 1. The number of fused-ring (bicyclic) bond motifs is 1. The van der Waals surface area contributed by atoms with Crippen molar-refractivity contribution < 1.29 is 4.74 Å². The molecule has 3 aromatic rings. The molecule has 1 aliphatic rings. The van der Waals surface area contributed by atoms with Crippen LogP contribution < -0.4 is 4.74 Å². The Bertz CT molecular complexity index is 995. The molecule has 0 N–H and O–H groups in total. The van der Waals surface area contributed by atoms with Gasteiger partial charge in [0.05, 0.1) is 12.7 Å². The Morgan fingerprint density at radius 2 is 2.04 bits per heavy atom. The Morgan fingerprint density at radius 3 is 2.74 bits per heavy atom. The van der Waals surface area contributed by atoms with Crippen LogP contribution in [0.1, 0.15) is 28.8 Å². The van der Waals surface area contributed by atoms with Gasteiger partial charge in [-0.25, -0.2) is 4.98 Å². The van der Waals surface area contributed by atoms with Gasteiger partial charge in [-0.15, -0.1) is 11.8 Å². The summed E-state index contributed by atoms with van der Waals surface area (Å²) in [6.07, 6.45) is 6.67. The normalized spacial score (nSPS) is 12.4. The van der Waals surface area contributed by atoms with Gasteiger partial charge in [-0.1, -0.05) is 18.2 Å². The van der Waals surface area contributed by atoms with Crippen molar-refractivity contribution in [3.8, 4) is 22.9 Å². The predicted molar refractivity (Wildman–Crippen MR) is 107 cm³/mol. The van der Waals surface area contributed by atoms with E-state index in [1.165, 1.54) is 5.56 Å². The second-order valence-corrected chi connectivity index (χ2v) is 7.40. The number of thioether (sulfide) groups is 1. The Balaban J connectivity index is 1.77. The number of rotatable bonds is 5. The molecule has 5 heteroatoms. The molecule has 0 radical (unpaired) electrons. The maximum absolute atomic E-state index is 9.95. The van der Waals surface area contributed by atoms with Crippen molar-refractivity contribution in [3.05, 3.63) is 71.2 Å². The standard InChI is InChI=1S/C22H19N3OS/c1-26-17-9-7-16(8-10-17)21-18-5-2-6-20(18)25-22(19(21)12-23)27-14-15-4-3-11-24-13-15/h3-4,7-11,13H,2,5-6,14H2,1H3. The molecule has 2 heterocycles. The first-order valence-corrected chi connectivity index (χ1v) is 9.90. The third-order valence-electron chi connectivity index (χ3n) is 4.78. The first-order chi connectivity index (χ1) is 13.3. The Morgan fingerprint density at radius 1 is 1.19 bits per heavy atom. The lowest BCUT2D eigenvalue weighted by molar-refractivity contribution is 0.415. The molecule has 0 amide bonds. The molecule has 0 atom stereocenters. The fourth-order valence-corrected chi connectivity index (χ4v) is 4.42. The zero-order valence-electron chi connectivity index (χ0n) is 15.1. The second-order valence-electron chi connectivity index (χ2n) is 6.44. The Kier molecular flexibility index (Phi) is 5.08. The summed E-state index contributed by atoms with van der Waals surface area (Å²) >= 11 is 1.61. The fourth-order valence-electron chi connectivity index (χ4n) is 3.48. The topological polar surface area (TPSA) is 58.8 Å². The molecule has 0 aliphatic heterocycles. The minimum atomic E-state index is 0.676. The van der Waals surface area contributed by atoms with Crippen LogP contribution >= 0.6 is 11.8 Å². The highest BCUT2D eigenvalue weighted by Gasteiger charge is 2.24. The van der Waals surface area contributed by atoms with Crippen LogP contribution in [-0.2, 0) is 18.6 Å². The van der Waals surface area contributed by atoms with Gasteiger partial charge < -0.3 is 4.74 Å². The average Bonchev–Trinajstić information content (AvgIpc) is 3.20. The lowest BCUT2D eigenvalue weighted by Crippen LogP contribution is -2.01. The SMILES string of the molecule is COc1ccc(-c2c(C#N)c(SCc3cccnc3)nc3c2CCC3)cc1. The summed E-state index contributed by atoms with van der Waals surface area (Å²) in [7, 11) is 1.66. The predicted octanol–water partition coefficient (Wildman–Crippen LogP) is 4.80. The van der Waals surface area contributed by atoms with E-state index in [1.54, 1.807) is 25.1 Å². The lowest BCUT2D eigenvalue weighted by Gasteiger charge is -2.15. The number of aromatic nitrogens is 2. The smallest absolute Gasteiger partial charge is 0.118 e. The van der Waals surface area contributed by atoms with E-state index in [4.69, 9.17) is 9.72 Å². The van der Waals surface area contributed by atoms with Gasteiger partial charge in [-0.2, -0.15) is 5.26 Å². The molecule has 0 unspecified atom stereocenters. The van der Waals surface area contributed by atoms with Gasteiger partial charge in [-0.05, 0) is 54.2 Å². The summed E-state index contributed by atoms with van der Waals surface area (Å²) in [5.41, 5.74) is 6.25. The van der Waals surface area contributed by atoms with Crippen molar-refractivity contribution in [2.24, 2.45) is 0 Å². The van der Waals surface area contributed by atoms with Gasteiger partial charge in [0.1, 0.15) is 16.8 Å². The molecule has 4 nitrogen and oxygen atoms in total. The molecule has 134 valence electrons. The summed E-state index contributed by atoms with van der Waals surface area (Å²) in [4.78, 5) is 9.02. The molecule has 0 bridgehead atoms. The molecule has 27 heavy (non-hydrogen) atoms. The second kappa shape index (κ2) is 7.81. The van der Waals surface area contributed by atoms with E-state index < -0.39 is 0 Å². The number of methoxy groups -OCH3 is 1. The molecule has 2 aromatic heterocycles. The van der Waals surface area contributed by atoms with Crippen LogP contribution in [0.25, 0.3) is 11.1 Å². The monoisotopic (exact) mass is 373 g/mol. The van der Waals surface area contributed by atoms with Crippen molar-refractivity contribution in [2.75, 3.05) is 7.11 Å². The van der Waals surface area contributed by atoms with E-state index >= 15 is 0 Å². The van der Waals surface area contributed by atoms with Crippen LogP contribution in [0.3, 0.4) is 0 Å². The van der Waals surface area contributed by atoms with E-state index in [0.29, 0.717) is 5.56 Å². The van der Waals surface area contributed by atoms with Crippen LogP contribution in [0.5, 0.6) is 5.75 Å². The van der Waals surface area contributed by atoms with E-state index in [0.717, 1.165) is 58.2 Å². The van der Waals surface area contributed by atoms with Crippen molar-refractivity contribution >= 4 is 11.8 Å². The Labute approximate surface area is 163 Å². The van der Waals surface area contributed by atoms with Crippen molar-refractivity contribution in [3.63, 3.8) is 0 Å². The zero-order chi connectivity index (χ0) is 18.6. The summed E-state index contributed by atoms with van der Waals surface area (Å²) in [5, 5.41) is 10.8. The first kappa shape index (κ1) is 17.6. The largest absolute Gasteiger partial charge is 0.497 e. The molecule has 1 aliphatic carbocycles. The van der Waals surface area contributed by atoms with Crippen LogP contribution in [0.4, 0.5) is 0 Å². The minimum absolute atomic E-state index is 0.676. The molecule has 1 aromatic carbocycles. The third kappa shape index (κ3) is 3.54. The maximum atomic E-state index is 9.95. The van der Waals surface area contributed by atoms with E-state index in [9.17, 15) is 5.26 Å². The number of nitriles is 1. The number of benzene rings is 1. The van der Waals surface area contributed by atoms with Crippen LogP contribution in [-0.4, -0.2) is 17.1 Å². The number of hydrogen-bond acceptors (Lipinski definition) is 5.